The van der Waals surface area contributed by atoms with Crippen molar-refractivity contribution in [1.82, 2.24) is 15.1 Å². The van der Waals surface area contributed by atoms with Crippen molar-refractivity contribution >= 4 is 39.6 Å². The number of carbonyl (C=O) groups is 4. The first-order chi connectivity index (χ1) is 21.5. The summed E-state index contributed by atoms with van der Waals surface area (Å²) in [6.07, 6.45) is 3.60. The van der Waals surface area contributed by atoms with Gasteiger partial charge in [0.15, 0.2) is 0 Å². The zero-order valence-corrected chi connectivity index (χ0v) is 28.0. The number of nitrogens with one attached hydrogen (secondary N) is 1. The van der Waals surface area contributed by atoms with E-state index in [0.29, 0.717) is 25.8 Å². The lowest BCUT2D eigenvalue weighted by molar-refractivity contribution is -0.160. The van der Waals surface area contributed by atoms with Crippen molar-refractivity contribution in [1.29, 1.82) is 0 Å². The average molecular weight is 689 g/mol. The number of benzene rings is 1. The average Bonchev–Trinajstić information content (AvgIpc) is 3.60. The molecule has 8 atom stereocenters. The maximum Gasteiger partial charge on any atom is 0.312 e. The molecule has 45 heavy (non-hydrogen) atoms. The van der Waals surface area contributed by atoms with Gasteiger partial charge in [-0.1, -0.05) is 72.3 Å². The normalized spacial score (nSPS) is 28.0. The summed E-state index contributed by atoms with van der Waals surface area (Å²) in [7, 11) is 0. The number of allylic oxidation sites excluding steroid dienone is 1. The molecule has 1 spiro atoms. The van der Waals surface area contributed by atoms with Crippen molar-refractivity contribution < 1.29 is 33.8 Å². The Balaban J connectivity index is 1.67. The monoisotopic (exact) mass is 687 g/mol. The molecule has 1 aromatic carbocycles. The Morgan fingerprint density at radius 2 is 1.93 bits per heavy atom. The van der Waals surface area contributed by atoms with E-state index in [1.165, 1.54) is 4.90 Å². The van der Waals surface area contributed by atoms with Crippen molar-refractivity contribution in [2.45, 2.75) is 87.7 Å². The summed E-state index contributed by atoms with van der Waals surface area (Å²) < 4.78 is 12.4. The standard InChI is InChI=1S/C34H46BrN3O7/c1-6-8-14-26(40)36-18-22(5)44-33(43)27-28-31(41)38(24(20-39)16-21(3)4)30(34(28)17-25(35)29(27)45-34)32(42)37(15-7-2)19-23-12-10-9-11-13-23/h6-7,9-13,21-22,24-25,27-30,39H,1-2,8,14-20H2,3-5H3,(H,36,40)/t22-,24+,25?,27-,28+,29-,30-,34+/m0/s1. The molecule has 1 unspecified atom stereocenters. The van der Waals surface area contributed by atoms with Gasteiger partial charge in [0.1, 0.15) is 17.7 Å². The number of hydrogen-bond acceptors (Lipinski definition) is 7. The van der Waals surface area contributed by atoms with Gasteiger partial charge in [0.25, 0.3) is 0 Å². The minimum atomic E-state index is -1.29. The first-order valence-electron chi connectivity index (χ1n) is 15.8. The number of aliphatic hydroxyl groups is 1. The van der Waals surface area contributed by atoms with Gasteiger partial charge in [-0.05, 0) is 37.7 Å². The molecular formula is C34H46BrN3O7. The SMILES string of the molecule is C=CCCC(=O)NC[C@H](C)OC(=O)[C@@H]1[C@H]2O[C@@]3(CC2Br)[C@H](C(=O)N(CC=C)Cc2ccccc2)N([C@@H](CO)CC(C)C)C(=O)[C@@H]13. The van der Waals surface area contributed by atoms with Crippen LogP contribution < -0.4 is 5.32 Å². The van der Waals surface area contributed by atoms with Crippen LogP contribution in [0.4, 0.5) is 0 Å². The topological polar surface area (TPSA) is 125 Å². The first-order valence-corrected chi connectivity index (χ1v) is 16.7. The van der Waals surface area contributed by atoms with Gasteiger partial charge in [0.2, 0.25) is 17.7 Å². The lowest BCUT2D eigenvalue weighted by Crippen LogP contribution is -2.59. The van der Waals surface area contributed by atoms with Crippen LogP contribution in [0, 0.1) is 17.8 Å². The van der Waals surface area contributed by atoms with Gasteiger partial charge in [-0.15, -0.1) is 13.2 Å². The van der Waals surface area contributed by atoms with Gasteiger partial charge in [-0.25, -0.2) is 0 Å². The van der Waals surface area contributed by atoms with E-state index in [1.54, 1.807) is 24.0 Å². The third-order valence-electron chi connectivity index (χ3n) is 8.94. The van der Waals surface area contributed by atoms with E-state index in [0.717, 1.165) is 5.56 Å². The maximum atomic E-state index is 14.7. The third kappa shape index (κ3) is 7.20. The summed E-state index contributed by atoms with van der Waals surface area (Å²) in [5.74, 6) is -3.29. The van der Waals surface area contributed by atoms with Crippen LogP contribution in [0.2, 0.25) is 0 Å². The smallest absolute Gasteiger partial charge is 0.312 e. The molecule has 0 aliphatic carbocycles. The van der Waals surface area contributed by atoms with Crippen LogP contribution in [0.5, 0.6) is 0 Å². The number of hydrogen-bond donors (Lipinski definition) is 2. The fourth-order valence-corrected chi connectivity index (χ4v) is 8.04. The highest BCUT2D eigenvalue weighted by Crippen LogP contribution is 2.61. The van der Waals surface area contributed by atoms with Crippen LogP contribution in [0.25, 0.3) is 0 Å². The summed E-state index contributed by atoms with van der Waals surface area (Å²) in [6, 6.07) is 7.86. The molecule has 2 N–H and O–H groups in total. The Hall–Kier alpha value is -3.02. The predicted molar refractivity (Wildman–Crippen MR) is 173 cm³/mol. The Morgan fingerprint density at radius 3 is 2.56 bits per heavy atom. The van der Waals surface area contributed by atoms with Crippen LogP contribution >= 0.6 is 15.9 Å². The third-order valence-corrected chi connectivity index (χ3v) is 9.78. The number of fused-ring (bicyclic) bond motifs is 1. The molecule has 4 rings (SSSR count). The van der Waals surface area contributed by atoms with Crippen molar-refractivity contribution in [3.05, 3.63) is 61.2 Å². The molecule has 3 aliphatic heterocycles. The molecule has 0 aromatic heterocycles. The number of halogens is 1. The highest BCUT2D eigenvalue weighted by atomic mass is 79.9. The number of alkyl halides is 1. The number of nitrogens with zero attached hydrogens (tertiary/aromatic N) is 2. The van der Waals surface area contributed by atoms with E-state index in [-0.39, 0.29) is 54.6 Å². The van der Waals surface area contributed by atoms with Crippen LogP contribution in [-0.4, -0.2) is 93.0 Å². The van der Waals surface area contributed by atoms with E-state index in [2.05, 4.69) is 34.4 Å². The molecule has 3 saturated heterocycles. The number of carbonyl (C=O) groups excluding carboxylic acids is 4. The molecule has 11 heteroatoms. The molecule has 246 valence electrons. The van der Waals surface area contributed by atoms with Crippen molar-refractivity contribution in [3.63, 3.8) is 0 Å². The van der Waals surface area contributed by atoms with Crippen molar-refractivity contribution in [2.75, 3.05) is 19.7 Å². The molecule has 10 nitrogen and oxygen atoms in total. The molecule has 3 fully saturated rings. The fourth-order valence-electron chi connectivity index (χ4n) is 7.09. The number of amides is 3. The number of esters is 1. The number of ether oxygens (including phenoxy) is 2. The fraction of sp³-hybridized carbons (Fsp3) is 0.588. The van der Waals surface area contributed by atoms with E-state index >= 15 is 0 Å². The zero-order chi connectivity index (χ0) is 32.9. The summed E-state index contributed by atoms with van der Waals surface area (Å²) in [6.45, 7) is 13.5. The Kier molecular flexibility index (Phi) is 11.7. The van der Waals surface area contributed by atoms with Crippen LogP contribution in [0.3, 0.4) is 0 Å². The molecule has 3 heterocycles. The largest absolute Gasteiger partial charge is 0.460 e. The molecule has 1 aromatic rings. The number of rotatable bonds is 16. The second kappa shape index (κ2) is 15.0. The van der Waals surface area contributed by atoms with Crippen LogP contribution in [0.15, 0.2) is 55.6 Å². The number of likely N-dealkylation sites (tertiary alicyclic amines) is 1. The quantitative estimate of drug-likeness (QED) is 0.155. The minimum absolute atomic E-state index is 0.117. The highest BCUT2D eigenvalue weighted by molar-refractivity contribution is 9.09. The first kappa shape index (κ1) is 34.8. The summed E-state index contributed by atoms with van der Waals surface area (Å²) in [5.41, 5.74) is -0.375. The minimum Gasteiger partial charge on any atom is -0.460 e. The van der Waals surface area contributed by atoms with Gasteiger partial charge in [0.05, 0.1) is 37.1 Å². The van der Waals surface area contributed by atoms with Crippen molar-refractivity contribution in [3.8, 4) is 0 Å². The van der Waals surface area contributed by atoms with Gasteiger partial charge >= 0.3 is 5.97 Å². The second-order valence-corrected chi connectivity index (χ2v) is 13.9. The second-order valence-electron chi connectivity index (χ2n) is 12.7. The predicted octanol–water partition coefficient (Wildman–Crippen LogP) is 3.37. The molecule has 0 saturated carbocycles. The van der Waals surface area contributed by atoms with Crippen LogP contribution in [-0.2, 0) is 35.2 Å². The molecule has 3 aliphatic rings. The van der Waals surface area contributed by atoms with Gasteiger partial charge in [0, 0.05) is 24.3 Å². The molecular weight excluding hydrogens is 642 g/mol. The van der Waals surface area contributed by atoms with Gasteiger partial charge in [-0.3, -0.25) is 19.2 Å². The van der Waals surface area contributed by atoms with E-state index in [9.17, 15) is 24.3 Å². The van der Waals surface area contributed by atoms with Crippen molar-refractivity contribution in [2.24, 2.45) is 17.8 Å². The lowest BCUT2D eigenvalue weighted by Gasteiger charge is -2.39. The molecule has 2 bridgehead atoms. The molecule has 3 amide bonds. The Bertz CT molecular complexity index is 1260. The highest BCUT2D eigenvalue weighted by Gasteiger charge is 2.77. The van der Waals surface area contributed by atoms with Gasteiger partial charge < -0.3 is 29.7 Å². The molecule has 0 radical (unpaired) electrons. The summed E-state index contributed by atoms with van der Waals surface area (Å²) in [5, 5.41) is 13.3. The lowest BCUT2D eigenvalue weighted by atomic mass is 9.70. The van der Waals surface area contributed by atoms with E-state index < -0.39 is 47.7 Å². The van der Waals surface area contributed by atoms with E-state index in [1.807, 2.05) is 44.2 Å². The van der Waals surface area contributed by atoms with Crippen LogP contribution in [0.1, 0.15) is 52.0 Å². The van der Waals surface area contributed by atoms with Gasteiger partial charge in [-0.2, -0.15) is 0 Å². The van der Waals surface area contributed by atoms with E-state index in [4.69, 9.17) is 9.47 Å². The zero-order valence-electron chi connectivity index (χ0n) is 26.4. The maximum absolute atomic E-state index is 14.7. The summed E-state index contributed by atoms with van der Waals surface area (Å²) >= 11 is 3.69. The Labute approximate surface area is 274 Å². The summed E-state index contributed by atoms with van der Waals surface area (Å²) in [4.78, 5) is 57.9. The Morgan fingerprint density at radius 1 is 1.22 bits per heavy atom. The number of aliphatic hydroxyl groups excluding tert-OH is 1.